The molecule has 1 rings (SSSR count). The summed E-state index contributed by atoms with van der Waals surface area (Å²) in [5.41, 5.74) is 1.90. The number of amides is 8. The number of carbonyl (C=O) groups is 8. The largest absolute Gasteiger partial charge is 0.394 e. The van der Waals surface area contributed by atoms with Gasteiger partial charge in [0.2, 0.25) is 41.4 Å². The van der Waals surface area contributed by atoms with Gasteiger partial charge in [0, 0.05) is 33.5 Å². The highest BCUT2D eigenvalue weighted by molar-refractivity contribution is 5.97. The fraction of sp³-hybridized carbons (Fsp3) is 0.714. The quantitative estimate of drug-likeness (QED) is 0.0354. The fourth-order valence-corrected chi connectivity index (χ4v) is 4.71. The van der Waals surface area contributed by atoms with E-state index >= 15 is 0 Å². The number of aliphatic hydroxyl groups excluding tert-OH is 3. The maximum absolute atomic E-state index is 13.4. The van der Waals surface area contributed by atoms with Crippen molar-refractivity contribution in [1.29, 1.82) is 0 Å². The van der Waals surface area contributed by atoms with Crippen molar-refractivity contribution in [2.24, 2.45) is 0 Å². The molecule has 6 atom stereocenters. The first-order valence-electron chi connectivity index (χ1n) is 16.1. The molecule has 23 heteroatoms. The van der Waals surface area contributed by atoms with Gasteiger partial charge in [-0.25, -0.2) is 15.6 Å². The van der Waals surface area contributed by atoms with E-state index < -0.39 is 103 Å². The molecule has 1 fully saturated rings. The van der Waals surface area contributed by atoms with E-state index in [1.165, 1.54) is 0 Å². The molecule has 0 spiro atoms. The number of hydrogen-bond donors (Lipinski definition) is 13. The summed E-state index contributed by atoms with van der Waals surface area (Å²) in [5.74, 6) is -7.35. The Morgan fingerprint density at radius 2 is 1.35 bits per heavy atom. The minimum atomic E-state index is -1.74. The lowest BCUT2D eigenvalue weighted by Crippen LogP contribution is -2.61. The second-order valence-corrected chi connectivity index (χ2v) is 11.5. The van der Waals surface area contributed by atoms with Gasteiger partial charge in [-0.05, 0) is 38.5 Å². The summed E-state index contributed by atoms with van der Waals surface area (Å²) in [6.45, 7) is -1.22. The van der Waals surface area contributed by atoms with Crippen LogP contribution < -0.4 is 37.4 Å². The van der Waals surface area contributed by atoms with Gasteiger partial charge in [0.1, 0.15) is 36.3 Å². The van der Waals surface area contributed by atoms with E-state index in [4.69, 9.17) is 5.21 Å². The molecule has 1 saturated heterocycles. The molecule has 0 bridgehead atoms. The molecule has 51 heavy (non-hydrogen) atoms. The van der Waals surface area contributed by atoms with Gasteiger partial charge in [-0.2, -0.15) is 0 Å². The van der Waals surface area contributed by atoms with Crippen molar-refractivity contribution in [3.8, 4) is 0 Å². The highest BCUT2D eigenvalue weighted by atomic mass is 16.5. The highest BCUT2D eigenvalue weighted by Gasteiger charge is 2.34. The van der Waals surface area contributed by atoms with Gasteiger partial charge < -0.3 is 52.4 Å². The van der Waals surface area contributed by atoms with Crippen LogP contribution in [0.25, 0.3) is 0 Å². The smallest absolute Gasteiger partial charge is 0.268 e. The van der Waals surface area contributed by atoms with Crippen LogP contribution in [0.2, 0.25) is 0 Å². The third-order valence-electron chi connectivity index (χ3n) is 7.51. The standard InChI is InChI=1S/C28H49N9O14/c1-15(41)30-20(12-38)25(45)34-22(14-40)27(47)35-21(13-39)26(46)32-18-7-4-11-37(51)28(48)19(8-5-10-36(50)16(2)42)33-24(44)17(31-23(18)43)6-3-9-29-49/h17-22,29,38-40,49-51H,3-14H2,1-2H3,(H,30,41)(H,31,43)(H,32,46)(H,33,44)(H,34,45)(H,35,47). The molecule has 0 aromatic carbocycles. The van der Waals surface area contributed by atoms with Crippen molar-refractivity contribution in [2.75, 3.05) is 39.5 Å². The van der Waals surface area contributed by atoms with Crippen LogP contribution >= 0.6 is 0 Å². The van der Waals surface area contributed by atoms with Crippen molar-refractivity contribution < 1.29 is 69.3 Å². The first-order chi connectivity index (χ1) is 24.1. The van der Waals surface area contributed by atoms with Crippen LogP contribution in [0.4, 0.5) is 0 Å². The summed E-state index contributed by atoms with van der Waals surface area (Å²) in [7, 11) is 0. The molecular formula is C28H49N9O14. The highest BCUT2D eigenvalue weighted by Crippen LogP contribution is 2.10. The Morgan fingerprint density at radius 3 is 1.88 bits per heavy atom. The number of aliphatic hydroxyl groups is 3. The van der Waals surface area contributed by atoms with Gasteiger partial charge in [-0.3, -0.25) is 48.8 Å². The van der Waals surface area contributed by atoms with E-state index in [2.05, 4.69) is 31.9 Å². The lowest BCUT2D eigenvalue weighted by atomic mass is 10.0. The van der Waals surface area contributed by atoms with E-state index in [1.807, 2.05) is 5.48 Å². The summed E-state index contributed by atoms with van der Waals surface area (Å²) in [5, 5.41) is 72.2. The Bertz CT molecular complexity index is 1230. The van der Waals surface area contributed by atoms with Crippen LogP contribution in [0.1, 0.15) is 52.4 Å². The van der Waals surface area contributed by atoms with E-state index in [0.717, 1.165) is 13.8 Å². The lowest BCUT2D eigenvalue weighted by Gasteiger charge is -2.29. The summed E-state index contributed by atoms with van der Waals surface area (Å²) in [6.07, 6.45) is -0.342. The van der Waals surface area contributed by atoms with Crippen molar-refractivity contribution in [3.63, 3.8) is 0 Å². The number of nitrogens with one attached hydrogen (secondary N) is 7. The minimum Gasteiger partial charge on any atom is -0.394 e. The second kappa shape index (κ2) is 23.0. The van der Waals surface area contributed by atoms with Crippen LogP contribution in [0, 0.1) is 0 Å². The normalized spacial score (nSPS) is 20.3. The molecule has 0 aromatic rings. The summed E-state index contributed by atoms with van der Waals surface area (Å²) < 4.78 is 0. The molecule has 23 nitrogen and oxygen atoms in total. The van der Waals surface area contributed by atoms with Crippen LogP contribution in [0.5, 0.6) is 0 Å². The van der Waals surface area contributed by atoms with Crippen molar-refractivity contribution in [3.05, 3.63) is 0 Å². The average molecular weight is 736 g/mol. The Labute approximate surface area is 292 Å². The van der Waals surface area contributed by atoms with Gasteiger partial charge >= 0.3 is 0 Å². The minimum absolute atomic E-state index is 0.00500. The number of nitrogens with zero attached hydrogens (tertiary/aromatic N) is 2. The van der Waals surface area contributed by atoms with Crippen molar-refractivity contribution >= 4 is 47.3 Å². The third-order valence-corrected chi connectivity index (χ3v) is 7.51. The Morgan fingerprint density at radius 1 is 0.824 bits per heavy atom. The third kappa shape index (κ3) is 15.5. The fourth-order valence-electron chi connectivity index (χ4n) is 4.71. The molecule has 290 valence electrons. The van der Waals surface area contributed by atoms with Crippen molar-refractivity contribution in [1.82, 2.24) is 47.5 Å². The zero-order valence-electron chi connectivity index (χ0n) is 28.3. The molecule has 0 saturated carbocycles. The maximum atomic E-state index is 13.4. The molecule has 13 N–H and O–H groups in total. The Kier molecular flexibility index (Phi) is 20.1. The van der Waals surface area contributed by atoms with Gasteiger partial charge in [0.15, 0.2) is 0 Å². The van der Waals surface area contributed by atoms with E-state index in [9.17, 15) is 64.1 Å². The summed E-state index contributed by atoms with van der Waals surface area (Å²) in [4.78, 5) is 101. The molecule has 1 aliphatic heterocycles. The molecule has 6 unspecified atom stereocenters. The number of hydrogen-bond acceptors (Lipinski definition) is 15. The predicted octanol–water partition coefficient (Wildman–Crippen LogP) is -6.32. The first-order valence-corrected chi connectivity index (χ1v) is 16.1. The summed E-state index contributed by atoms with van der Waals surface area (Å²) in [6, 6.07) is -9.02. The SMILES string of the molecule is CC(=O)NC(CO)C(=O)NC(CO)C(=O)NC(CO)C(=O)NC1CCCN(O)C(=O)C(CCCN(O)C(C)=O)NC(=O)C(CCCNO)NC1=O. The average Bonchev–Trinajstić information content (AvgIpc) is 3.08. The molecule has 8 amide bonds. The van der Waals surface area contributed by atoms with E-state index in [1.54, 1.807) is 0 Å². The summed E-state index contributed by atoms with van der Waals surface area (Å²) >= 11 is 0. The number of carbonyl (C=O) groups excluding carboxylic acids is 8. The monoisotopic (exact) mass is 735 g/mol. The van der Waals surface area contributed by atoms with E-state index in [-0.39, 0.29) is 58.2 Å². The van der Waals surface area contributed by atoms with E-state index in [0.29, 0.717) is 10.1 Å². The molecule has 0 radical (unpaired) electrons. The predicted molar refractivity (Wildman–Crippen MR) is 169 cm³/mol. The number of rotatable bonds is 18. The molecule has 1 aliphatic rings. The Hall–Kier alpha value is -4.52. The van der Waals surface area contributed by atoms with Gasteiger partial charge in [-0.15, -0.1) is 0 Å². The maximum Gasteiger partial charge on any atom is 0.268 e. The van der Waals surface area contributed by atoms with Crippen molar-refractivity contribution in [2.45, 2.75) is 88.6 Å². The zero-order valence-corrected chi connectivity index (χ0v) is 28.3. The molecule has 0 aliphatic carbocycles. The zero-order chi connectivity index (χ0) is 38.7. The van der Waals surface area contributed by atoms with Crippen LogP contribution in [-0.4, -0.2) is 164 Å². The Balaban J connectivity index is 3.15. The van der Waals surface area contributed by atoms with Gasteiger partial charge in [0.05, 0.1) is 19.8 Å². The number of hydroxylamine groups is 5. The molecular weight excluding hydrogens is 686 g/mol. The van der Waals surface area contributed by atoms with Crippen LogP contribution in [0.15, 0.2) is 0 Å². The molecule has 0 aromatic heterocycles. The van der Waals surface area contributed by atoms with Gasteiger partial charge in [-0.1, -0.05) is 0 Å². The molecule has 1 heterocycles. The second-order valence-electron chi connectivity index (χ2n) is 11.5. The van der Waals surface area contributed by atoms with Crippen LogP contribution in [-0.2, 0) is 38.4 Å². The first kappa shape index (κ1) is 44.5. The van der Waals surface area contributed by atoms with Gasteiger partial charge in [0.25, 0.3) is 5.91 Å². The van der Waals surface area contributed by atoms with Crippen LogP contribution in [0.3, 0.4) is 0 Å². The topological polar surface area (TPSA) is 349 Å². The lowest BCUT2D eigenvalue weighted by molar-refractivity contribution is -0.169.